The maximum atomic E-state index is 13.3. The van der Waals surface area contributed by atoms with Gasteiger partial charge in [0.15, 0.2) is 11.5 Å². The molecule has 0 spiro atoms. The number of ether oxygens (including phenoxy) is 3. The molecule has 2 aliphatic heterocycles. The van der Waals surface area contributed by atoms with E-state index in [-0.39, 0.29) is 17.2 Å². The summed E-state index contributed by atoms with van der Waals surface area (Å²) in [6.07, 6.45) is 0.930. The second kappa shape index (κ2) is 11.2. The second-order valence-corrected chi connectivity index (χ2v) is 9.00. The summed E-state index contributed by atoms with van der Waals surface area (Å²) in [6.45, 7) is 5.54. The maximum absolute atomic E-state index is 13.3. The van der Waals surface area contributed by atoms with Crippen LogP contribution in [-0.2, 0) is 11.2 Å². The number of alkyl halides is 3. The van der Waals surface area contributed by atoms with E-state index in [1.54, 1.807) is 25.0 Å². The van der Waals surface area contributed by atoms with E-state index in [2.05, 4.69) is 9.64 Å². The van der Waals surface area contributed by atoms with E-state index in [1.807, 2.05) is 12.1 Å². The average Bonchev–Trinajstić information content (AvgIpc) is 3.26. The Morgan fingerprint density at radius 1 is 1.03 bits per heavy atom. The average molecular weight is 505 g/mol. The summed E-state index contributed by atoms with van der Waals surface area (Å²) < 4.78 is 54.0. The molecule has 1 amide bonds. The highest BCUT2D eigenvalue weighted by Crippen LogP contribution is 2.39. The Labute approximate surface area is 209 Å². The number of carbonyl (C=O) groups excluding carboxylic acids is 1. The van der Waals surface area contributed by atoms with Crippen molar-refractivity contribution in [2.24, 2.45) is 0 Å². The summed E-state index contributed by atoms with van der Waals surface area (Å²) in [5.41, 5.74) is 2.15. The van der Waals surface area contributed by atoms with Crippen molar-refractivity contribution in [2.45, 2.75) is 39.0 Å². The maximum Gasteiger partial charge on any atom is 0.573 e. The van der Waals surface area contributed by atoms with Crippen molar-refractivity contribution < 1.29 is 32.2 Å². The van der Waals surface area contributed by atoms with Crippen molar-refractivity contribution in [1.29, 1.82) is 0 Å². The molecule has 2 aliphatic rings. The van der Waals surface area contributed by atoms with Crippen LogP contribution in [0, 0.1) is 0 Å². The Hall–Kier alpha value is -3.20. The van der Waals surface area contributed by atoms with Crippen molar-refractivity contribution in [2.75, 3.05) is 44.8 Å². The minimum Gasteiger partial charge on any atom is -0.493 e. The number of halogens is 3. The molecule has 0 saturated carbocycles. The number of methoxy groups -OCH3 is 1. The third-order valence-corrected chi connectivity index (χ3v) is 6.47. The van der Waals surface area contributed by atoms with Crippen LogP contribution in [0.15, 0.2) is 42.0 Å². The molecule has 0 bridgehead atoms. The van der Waals surface area contributed by atoms with Crippen LogP contribution in [0.3, 0.4) is 0 Å². The number of piperidine rings is 1. The van der Waals surface area contributed by atoms with Gasteiger partial charge in [0, 0.05) is 30.3 Å². The van der Waals surface area contributed by atoms with Gasteiger partial charge in [-0.25, -0.2) is 0 Å². The predicted octanol–water partition coefficient (Wildman–Crippen LogP) is 5.45. The van der Waals surface area contributed by atoms with Crippen molar-refractivity contribution in [3.8, 4) is 17.2 Å². The van der Waals surface area contributed by atoms with E-state index >= 15 is 0 Å². The van der Waals surface area contributed by atoms with Crippen LogP contribution in [0.2, 0.25) is 0 Å². The number of amides is 1. The number of benzene rings is 2. The van der Waals surface area contributed by atoms with Crippen LogP contribution in [0.4, 0.5) is 18.9 Å². The Morgan fingerprint density at radius 3 is 2.50 bits per heavy atom. The number of anilines is 1. The van der Waals surface area contributed by atoms with Crippen LogP contribution in [-0.4, -0.2) is 57.1 Å². The first-order valence-electron chi connectivity index (χ1n) is 12.2. The fourth-order valence-corrected chi connectivity index (χ4v) is 4.67. The topological polar surface area (TPSA) is 51.2 Å². The molecule has 0 aliphatic carbocycles. The molecular formula is C27H31F3N2O4. The van der Waals surface area contributed by atoms with Crippen molar-refractivity contribution >= 4 is 17.7 Å². The highest BCUT2D eigenvalue weighted by Gasteiger charge is 2.32. The zero-order valence-corrected chi connectivity index (χ0v) is 20.6. The minimum absolute atomic E-state index is 0.177. The molecule has 2 aromatic carbocycles. The second-order valence-electron chi connectivity index (χ2n) is 9.00. The minimum atomic E-state index is -4.82. The van der Waals surface area contributed by atoms with E-state index in [9.17, 15) is 18.0 Å². The fourth-order valence-electron chi connectivity index (χ4n) is 4.67. The summed E-state index contributed by atoms with van der Waals surface area (Å²) in [5, 5.41) is 0. The van der Waals surface area contributed by atoms with Gasteiger partial charge in [0.25, 0.3) is 5.91 Å². The van der Waals surface area contributed by atoms with Crippen LogP contribution in [0.5, 0.6) is 17.2 Å². The molecule has 194 valence electrons. The van der Waals surface area contributed by atoms with Gasteiger partial charge in [0.1, 0.15) is 12.4 Å². The lowest BCUT2D eigenvalue weighted by Gasteiger charge is -2.26. The summed E-state index contributed by atoms with van der Waals surface area (Å²) in [4.78, 5) is 17.3. The number of carbonyl (C=O) groups is 1. The molecule has 0 aromatic heterocycles. The summed E-state index contributed by atoms with van der Waals surface area (Å²) in [5.74, 6) is 0.541. The molecule has 2 heterocycles. The molecule has 6 nitrogen and oxygen atoms in total. The zero-order chi connectivity index (χ0) is 25.7. The number of nitrogens with zero attached hydrogens (tertiary/aromatic N) is 2. The van der Waals surface area contributed by atoms with Gasteiger partial charge in [-0.3, -0.25) is 9.69 Å². The molecule has 9 heteroatoms. The molecule has 2 aromatic rings. The van der Waals surface area contributed by atoms with Crippen molar-refractivity contribution in [3.05, 3.63) is 53.1 Å². The number of hydrogen-bond donors (Lipinski definition) is 0. The van der Waals surface area contributed by atoms with Crippen molar-refractivity contribution in [3.63, 3.8) is 0 Å². The normalized spacial score (nSPS) is 16.6. The van der Waals surface area contributed by atoms with Gasteiger partial charge in [-0.2, -0.15) is 0 Å². The van der Waals surface area contributed by atoms with Gasteiger partial charge in [0.2, 0.25) is 0 Å². The standard InChI is InChI=1S/C27H31F3N2O4/c1-19(16-21-8-4-5-9-23(21)36-27(28,29)30)26(33)32-13-10-20-17-24(34-2)25(18-22(20)32)35-15-14-31-11-6-3-7-12-31/h4-5,8-9,16-18H,3,6-7,10-15H2,1-2H3/b19-16+. The smallest absolute Gasteiger partial charge is 0.493 e. The van der Waals surface area contributed by atoms with Gasteiger partial charge in [-0.05, 0) is 63.0 Å². The lowest BCUT2D eigenvalue weighted by Crippen LogP contribution is -2.33. The molecule has 0 atom stereocenters. The van der Waals surface area contributed by atoms with Gasteiger partial charge >= 0.3 is 6.36 Å². The number of fused-ring (bicyclic) bond motifs is 1. The molecule has 0 N–H and O–H groups in total. The van der Waals surface area contributed by atoms with Crippen LogP contribution >= 0.6 is 0 Å². The third-order valence-electron chi connectivity index (χ3n) is 6.47. The lowest BCUT2D eigenvalue weighted by molar-refractivity contribution is -0.274. The Bertz CT molecular complexity index is 1110. The van der Waals surface area contributed by atoms with Crippen LogP contribution in [0.1, 0.15) is 37.3 Å². The molecule has 4 rings (SSSR count). The largest absolute Gasteiger partial charge is 0.573 e. The highest BCUT2D eigenvalue weighted by molar-refractivity contribution is 6.09. The lowest BCUT2D eigenvalue weighted by atomic mass is 10.1. The SMILES string of the molecule is COc1cc2c(cc1OCCN1CCCCC1)N(C(=O)/C(C)=C/c1ccccc1OC(F)(F)F)CC2. The Balaban J connectivity index is 1.51. The first-order valence-corrected chi connectivity index (χ1v) is 12.2. The third kappa shape index (κ3) is 6.32. The summed E-state index contributed by atoms with van der Waals surface area (Å²) in [7, 11) is 1.59. The Morgan fingerprint density at radius 2 is 1.78 bits per heavy atom. The molecule has 0 radical (unpaired) electrons. The zero-order valence-electron chi connectivity index (χ0n) is 20.6. The van der Waals surface area contributed by atoms with Crippen molar-refractivity contribution in [1.82, 2.24) is 4.90 Å². The molecule has 0 unspecified atom stereocenters. The number of likely N-dealkylation sites (tertiary alicyclic amines) is 1. The summed E-state index contributed by atoms with van der Waals surface area (Å²) in [6, 6.07) is 9.47. The predicted molar refractivity (Wildman–Crippen MR) is 132 cm³/mol. The van der Waals surface area contributed by atoms with E-state index < -0.39 is 6.36 Å². The quantitative estimate of drug-likeness (QED) is 0.448. The molecule has 1 saturated heterocycles. The number of hydrogen-bond acceptors (Lipinski definition) is 5. The number of rotatable bonds is 8. The van der Waals surface area contributed by atoms with Gasteiger partial charge in [-0.1, -0.05) is 24.6 Å². The highest BCUT2D eigenvalue weighted by atomic mass is 19.4. The molecule has 36 heavy (non-hydrogen) atoms. The number of para-hydroxylation sites is 1. The summed E-state index contributed by atoms with van der Waals surface area (Å²) >= 11 is 0. The van der Waals surface area contributed by atoms with E-state index in [1.165, 1.54) is 43.5 Å². The Kier molecular flexibility index (Phi) is 8.08. The van der Waals surface area contributed by atoms with E-state index in [0.717, 1.165) is 30.9 Å². The van der Waals surface area contributed by atoms with Gasteiger partial charge in [-0.15, -0.1) is 13.2 Å². The molecule has 1 fully saturated rings. The first kappa shape index (κ1) is 25.9. The van der Waals surface area contributed by atoms with Crippen LogP contribution < -0.4 is 19.1 Å². The van der Waals surface area contributed by atoms with Gasteiger partial charge in [0.05, 0.1) is 12.8 Å². The van der Waals surface area contributed by atoms with E-state index in [4.69, 9.17) is 9.47 Å². The fraction of sp³-hybridized carbons (Fsp3) is 0.444. The van der Waals surface area contributed by atoms with E-state index in [0.29, 0.717) is 36.6 Å². The molecular weight excluding hydrogens is 473 g/mol. The first-order chi connectivity index (χ1) is 17.2. The van der Waals surface area contributed by atoms with Gasteiger partial charge < -0.3 is 19.1 Å². The monoisotopic (exact) mass is 504 g/mol. The van der Waals surface area contributed by atoms with Crippen LogP contribution in [0.25, 0.3) is 6.08 Å².